The normalized spacial score (nSPS) is 12.3. The molecule has 1 atom stereocenters. The van der Waals surface area contributed by atoms with Gasteiger partial charge >= 0.3 is 5.97 Å². The second-order valence-corrected chi connectivity index (χ2v) is 5.58. The molecule has 0 bridgehead atoms. The highest BCUT2D eigenvalue weighted by Gasteiger charge is 2.12. The average Bonchev–Trinajstić information content (AvgIpc) is 2.36. The van der Waals surface area contributed by atoms with Crippen LogP contribution < -0.4 is 5.32 Å². The first-order chi connectivity index (χ1) is 9.42. The number of aromatic nitrogens is 2. The fraction of sp³-hybridized carbons (Fsp3) is 0.667. The Morgan fingerprint density at radius 2 is 2.00 bits per heavy atom. The van der Waals surface area contributed by atoms with E-state index < -0.39 is 5.97 Å². The summed E-state index contributed by atoms with van der Waals surface area (Å²) in [7, 11) is 1.33. The number of nitrogens with one attached hydrogen (secondary N) is 1. The summed E-state index contributed by atoms with van der Waals surface area (Å²) in [5, 5.41) is 3.32. The second-order valence-electron chi connectivity index (χ2n) is 5.58. The van der Waals surface area contributed by atoms with E-state index in [0.717, 1.165) is 18.0 Å². The molecule has 0 aliphatic heterocycles. The van der Waals surface area contributed by atoms with Gasteiger partial charge in [0.25, 0.3) is 0 Å². The number of carbonyl (C=O) groups excluding carboxylic acids is 1. The summed E-state index contributed by atoms with van der Waals surface area (Å²) in [6, 6.07) is 2.15. The number of rotatable bonds is 7. The number of esters is 1. The van der Waals surface area contributed by atoms with Crippen LogP contribution >= 0.6 is 0 Å². The number of hydrogen-bond acceptors (Lipinski definition) is 5. The monoisotopic (exact) mass is 279 g/mol. The predicted octanol–water partition coefficient (Wildman–Crippen LogP) is 3.20. The molecule has 20 heavy (non-hydrogen) atoms. The van der Waals surface area contributed by atoms with E-state index >= 15 is 0 Å². The van der Waals surface area contributed by atoms with Crippen molar-refractivity contribution in [3.8, 4) is 0 Å². The van der Waals surface area contributed by atoms with Gasteiger partial charge in [-0.15, -0.1) is 0 Å². The van der Waals surface area contributed by atoms with Crippen molar-refractivity contribution in [2.75, 3.05) is 12.4 Å². The largest absolute Gasteiger partial charge is 0.463 e. The van der Waals surface area contributed by atoms with Gasteiger partial charge in [-0.2, -0.15) is 0 Å². The zero-order chi connectivity index (χ0) is 15.1. The molecule has 0 spiro atoms. The molecule has 1 unspecified atom stereocenters. The van der Waals surface area contributed by atoms with Crippen LogP contribution in [-0.2, 0) is 4.74 Å². The van der Waals surface area contributed by atoms with Crippen LogP contribution in [0, 0.1) is 12.8 Å². The fourth-order valence-corrected chi connectivity index (χ4v) is 1.98. The molecule has 1 rings (SSSR count). The number of hydrogen-bond donors (Lipinski definition) is 1. The van der Waals surface area contributed by atoms with Gasteiger partial charge in [-0.3, -0.25) is 0 Å². The smallest absolute Gasteiger partial charge is 0.376 e. The molecule has 1 heterocycles. The van der Waals surface area contributed by atoms with Crippen molar-refractivity contribution in [1.82, 2.24) is 9.97 Å². The van der Waals surface area contributed by atoms with Crippen molar-refractivity contribution < 1.29 is 9.53 Å². The maximum atomic E-state index is 11.5. The number of nitrogens with zero attached hydrogens (tertiary/aromatic N) is 2. The van der Waals surface area contributed by atoms with E-state index in [4.69, 9.17) is 0 Å². The molecule has 5 heteroatoms. The molecule has 0 radical (unpaired) electrons. The van der Waals surface area contributed by atoms with Crippen molar-refractivity contribution in [2.24, 2.45) is 5.92 Å². The highest BCUT2D eigenvalue weighted by atomic mass is 16.5. The van der Waals surface area contributed by atoms with Gasteiger partial charge < -0.3 is 10.1 Å². The van der Waals surface area contributed by atoms with Crippen LogP contribution in [0.5, 0.6) is 0 Å². The van der Waals surface area contributed by atoms with Crippen molar-refractivity contribution in [2.45, 2.75) is 53.0 Å². The lowest BCUT2D eigenvalue weighted by Gasteiger charge is -2.15. The zero-order valence-corrected chi connectivity index (χ0v) is 13.1. The van der Waals surface area contributed by atoms with E-state index in [1.807, 2.05) is 13.0 Å². The summed E-state index contributed by atoms with van der Waals surface area (Å²) in [6.07, 6.45) is 3.48. The number of carbonyl (C=O) groups is 1. The van der Waals surface area contributed by atoms with Crippen molar-refractivity contribution in [3.63, 3.8) is 0 Å². The minimum absolute atomic E-state index is 0.101. The summed E-state index contributed by atoms with van der Waals surface area (Å²) in [5.41, 5.74) is 0.747. The summed E-state index contributed by atoms with van der Waals surface area (Å²) in [4.78, 5) is 19.7. The maximum Gasteiger partial charge on any atom is 0.376 e. The highest BCUT2D eigenvalue weighted by molar-refractivity contribution is 5.85. The third-order valence-corrected chi connectivity index (χ3v) is 3.04. The van der Waals surface area contributed by atoms with Crippen LogP contribution in [0.4, 0.5) is 5.82 Å². The van der Waals surface area contributed by atoms with E-state index in [1.165, 1.54) is 20.0 Å². The molecule has 0 amide bonds. The first-order valence-electron chi connectivity index (χ1n) is 7.13. The molecule has 112 valence electrons. The Labute approximate surface area is 121 Å². The Balaban J connectivity index is 2.62. The molecule has 1 aromatic rings. The first kappa shape index (κ1) is 16.4. The standard InChI is InChI=1S/C15H25N3O2/c1-10(2)7-6-8-11(3)16-13-9-12(4)17-14(18-13)15(19)20-5/h9-11H,6-8H2,1-5H3,(H,16,17,18). The summed E-state index contributed by atoms with van der Waals surface area (Å²) >= 11 is 0. The lowest BCUT2D eigenvalue weighted by atomic mass is 10.0. The van der Waals surface area contributed by atoms with E-state index in [-0.39, 0.29) is 5.82 Å². The minimum atomic E-state index is -0.510. The van der Waals surface area contributed by atoms with E-state index in [0.29, 0.717) is 11.9 Å². The van der Waals surface area contributed by atoms with Crippen LogP contribution in [0.3, 0.4) is 0 Å². The summed E-state index contributed by atoms with van der Waals surface area (Å²) in [5.74, 6) is 0.998. The van der Waals surface area contributed by atoms with Gasteiger partial charge in [0.15, 0.2) is 0 Å². The van der Waals surface area contributed by atoms with Gasteiger partial charge in [0.2, 0.25) is 5.82 Å². The Hall–Kier alpha value is -1.65. The highest BCUT2D eigenvalue weighted by Crippen LogP contribution is 2.13. The Morgan fingerprint density at radius 3 is 2.60 bits per heavy atom. The molecular weight excluding hydrogens is 254 g/mol. The van der Waals surface area contributed by atoms with Crippen LogP contribution in [0.1, 0.15) is 56.3 Å². The molecular formula is C15H25N3O2. The van der Waals surface area contributed by atoms with Gasteiger partial charge in [-0.1, -0.05) is 26.7 Å². The van der Waals surface area contributed by atoms with Crippen LogP contribution in [0.15, 0.2) is 6.07 Å². The van der Waals surface area contributed by atoms with Gasteiger partial charge in [0, 0.05) is 17.8 Å². The van der Waals surface area contributed by atoms with Crippen molar-refractivity contribution in [3.05, 3.63) is 17.6 Å². The Morgan fingerprint density at radius 1 is 1.30 bits per heavy atom. The molecule has 0 saturated heterocycles. The van der Waals surface area contributed by atoms with Crippen LogP contribution in [-0.4, -0.2) is 29.1 Å². The average molecular weight is 279 g/mol. The minimum Gasteiger partial charge on any atom is -0.463 e. The lowest BCUT2D eigenvalue weighted by Crippen LogP contribution is -2.18. The van der Waals surface area contributed by atoms with E-state index in [2.05, 4.69) is 40.8 Å². The lowest BCUT2D eigenvalue weighted by molar-refractivity contribution is 0.0586. The Bertz CT molecular complexity index is 447. The first-order valence-corrected chi connectivity index (χ1v) is 7.13. The summed E-state index contributed by atoms with van der Waals surface area (Å²) in [6.45, 7) is 8.42. The van der Waals surface area contributed by atoms with E-state index in [1.54, 1.807) is 0 Å². The number of ether oxygens (including phenoxy) is 1. The third-order valence-electron chi connectivity index (χ3n) is 3.04. The third kappa shape index (κ3) is 5.55. The van der Waals surface area contributed by atoms with Crippen molar-refractivity contribution in [1.29, 1.82) is 0 Å². The van der Waals surface area contributed by atoms with Gasteiger partial charge in [-0.25, -0.2) is 14.8 Å². The maximum absolute atomic E-state index is 11.5. The number of methoxy groups -OCH3 is 1. The van der Waals surface area contributed by atoms with Gasteiger partial charge in [-0.05, 0) is 26.2 Å². The van der Waals surface area contributed by atoms with Crippen LogP contribution in [0.25, 0.3) is 0 Å². The fourth-order valence-electron chi connectivity index (χ4n) is 1.98. The Kier molecular flexibility index (Phi) is 6.42. The van der Waals surface area contributed by atoms with Gasteiger partial charge in [0.1, 0.15) is 5.82 Å². The topological polar surface area (TPSA) is 64.1 Å². The molecule has 5 nitrogen and oxygen atoms in total. The molecule has 0 fully saturated rings. The molecule has 1 aromatic heterocycles. The number of anilines is 1. The molecule has 0 aromatic carbocycles. The zero-order valence-electron chi connectivity index (χ0n) is 13.1. The second kappa shape index (κ2) is 7.82. The van der Waals surface area contributed by atoms with Crippen LogP contribution in [0.2, 0.25) is 0 Å². The number of aryl methyl sites for hydroxylation is 1. The molecule has 0 aliphatic rings. The van der Waals surface area contributed by atoms with Crippen molar-refractivity contribution >= 4 is 11.8 Å². The molecule has 1 N–H and O–H groups in total. The molecule has 0 aliphatic carbocycles. The quantitative estimate of drug-likeness (QED) is 0.776. The SMILES string of the molecule is COC(=O)c1nc(C)cc(NC(C)CCCC(C)C)n1. The van der Waals surface area contributed by atoms with Gasteiger partial charge in [0.05, 0.1) is 7.11 Å². The predicted molar refractivity (Wildman–Crippen MR) is 79.9 cm³/mol. The summed E-state index contributed by atoms with van der Waals surface area (Å²) < 4.78 is 4.65. The van der Waals surface area contributed by atoms with E-state index in [9.17, 15) is 4.79 Å². The molecule has 0 saturated carbocycles.